The monoisotopic (exact) mass is 423 g/mol. The third-order valence-corrected chi connectivity index (χ3v) is 6.75. The van der Waals surface area contributed by atoms with E-state index in [-0.39, 0.29) is 15.4 Å². The number of para-hydroxylation sites is 1. The van der Waals surface area contributed by atoms with Crippen LogP contribution in [0.1, 0.15) is 15.9 Å². The van der Waals surface area contributed by atoms with Crippen LogP contribution in [0.25, 0.3) is 0 Å². The molecule has 30 heavy (non-hydrogen) atoms. The van der Waals surface area contributed by atoms with E-state index in [1.54, 1.807) is 49.4 Å². The Morgan fingerprint density at radius 2 is 1.70 bits per heavy atom. The number of sulfone groups is 1. The van der Waals surface area contributed by atoms with Gasteiger partial charge >= 0.3 is 0 Å². The van der Waals surface area contributed by atoms with Crippen molar-refractivity contribution in [1.29, 1.82) is 0 Å². The quantitative estimate of drug-likeness (QED) is 0.565. The molecule has 0 saturated carbocycles. The van der Waals surface area contributed by atoms with Crippen molar-refractivity contribution in [2.24, 2.45) is 0 Å². The number of hydrogen-bond acceptors (Lipinski definition) is 5. The molecule has 0 amide bonds. The summed E-state index contributed by atoms with van der Waals surface area (Å²) in [5.74, 6) is -0.520. The molecule has 0 fully saturated rings. The number of ketones is 1. The highest BCUT2D eigenvalue weighted by Gasteiger charge is 2.36. The van der Waals surface area contributed by atoms with Crippen LogP contribution in [0.2, 0.25) is 0 Å². The lowest BCUT2D eigenvalue weighted by Gasteiger charge is -2.29. The molecule has 0 bridgehead atoms. The van der Waals surface area contributed by atoms with E-state index < -0.39 is 21.4 Å². The number of carbonyl (C=O) groups excluding carboxylic acids is 1. The third-order valence-electron chi connectivity index (χ3n) is 4.96. The molecule has 1 aliphatic rings. The van der Waals surface area contributed by atoms with Crippen LogP contribution < -0.4 is 9.64 Å². The smallest absolute Gasteiger partial charge is 0.214 e. The Bertz CT molecular complexity index is 1280. The molecule has 4 rings (SSSR count). The van der Waals surface area contributed by atoms with Crippen LogP contribution in [0.3, 0.4) is 0 Å². The van der Waals surface area contributed by atoms with E-state index in [0.29, 0.717) is 22.7 Å². The van der Waals surface area contributed by atoms with Crippen LogP contribution in [-0.4, -0.2) is 21.3 Å². The molecule has 1 aliphatic heterocycles. The maximum absolute atomic E-state index is 14.2. The Kier molecular flexibility index (Phi) is 4.91. The van der Waals surface area contributed by atoms with Gasteiger partial charge in [0.2, 0.25) is 15.6 Å². The second-order valence-electron chi connectivity index (χ2n) is 6.83. The molecule has 5 nitrogen and oxygen atoms in total. The van der Waals surface area contributed by atoms with Gasteiger partial charge in [0.1, 0.15) is 16.5 Å². The summed E-state index contributed by atoms with van der Waals surface area (Å²) in [4.78, 5) is 14.3. The zero-order chi connectivity index (χ0) is 21.5. The van der Waals surface area contributed by atoms with Gasteiger partial charge in [-0.25, -0.2) is 12.8 Å². The Morgan fingerprint density at radius 1 is 1.00 bits per heavy atom. The van der Waals surface area contributed by atoms with E-state index >= 15 is 0 Å². The minimum atomic E-state index is -4.06. The van der Waals surface area contributed by atoms with E-state index in [2.05, 4.69) is 0 Å². The summed E-state index contributed by atoms with van der Waals surface area (Å²) in [5, 5.41) is 0. The van der Waals surface area contributed by atoms with Crippen molar-refractivity contribution >= 4 is 27.0 Å². The van der Waals surface area contributed by atoms with E-state index in [1.807, 2.05) is 0 Å². The number of carbonyl (C=O) groups is 1. The molecular weight excluding hydrogens is 405 g/mol. The van der Waals surface area contributed by atoms with Gasteiger partial charge in [-0.2, -0.15) is 0 Å². The number of benzene rings is 3. The van der Waals surface area contributed by atoms with Crippen LogP contribution in [0.4, 0.5) is 15.8 Å². The fourth-order valence-corrected chi connectivity index (χ4v) is 4.81. The zero-order valence-corrected chi connectivity index (χ0v) is 17.1. The molecule has 0 saturated heterocycles. The van der Waals surface area contributed by atoms with E-state index in [0.717, 1.165) is 0 Å². The number of allylic oxidation sites excluding steroid dienone is 1. The van der Waals surface area contributed by atoms with Crippen LogP contribution in [0, 0.1) is 12.7 Å². The lowest BCUT2D eigenvalue weighted by molar-refractivity contribution is 0.104. The number of anilines is 2. The third kappa shape index (κ3) is 3.27. The zero-order valence-electron chi connectivity index (χ0n) is 16.3. The van der Waals surface area contributed by atoms with Crippen molar-refractivity contribution in [3.05, 3.63) is 94.8 Å². The molecule has 152 valence electrons. The first-order valence-corrected chi connectivity index (χ1v) is 10.6. The number of hydrogen-bond donors (Lipinski definition) is 0. The highest BCUT2D eigenvalue weighted by atomic mass is 32.2. The summed E-state index contributed by atoms with van der Waals surface area (Å²) in [6.45, 7) is 1.64. The summed E-state index contributed by atoms with van der Waals surface area (Å²) in [6.07, 6.45) is 1.26. The fraction of sp³-hybridized carbons (Fsp3) is 0.0870. The minimum absolute atomic E-state index is 0.00894. The molecule has 3 aromatic carbocycles. The average Bonchev–Trinajstić information content (AvgIpc) is 2.76. The Morgan fingerprint density at radius 3 is 2.37 bits per heavy atom. The standard InChI is InChI=1S/C23H18FNO4S/c1-15-7-10-17(13-19(15)24)25-14-22(23(26)16-8-11-18(29-2)12-9-16)30(27,28)21-6-4-3-5-20(21)25/h3-14H,1-2H3. The Balaban J connectivity index is 1.89. The lowest BCUT2D eigenvalue weighted by atomic mass is 10.1. The normalized spacial score (nSPS) is 14.6. The van der Waals surface area contributed by atoms with Crippen LogP contribution in [0.15, 0.2) is 82.7 Å². The number of methoxy groups -OCH3 is 1. The first kappa shape index (κ1) is 19.8. The maximum atomic E-state index is 14.2. The van der Waals surface area contributed by atoms with Gasteiger partial charge in [-0.05, 0) is 61.0 Å². The molecule has 0 spiro atoms. The van der Waals surface area contributed by atoms with E-state index in [9.17, 15) is 17.6 Å². The van der Waals surface area contributed by atoms with Gasteiger partial charge in [0.25, 0.3) is 0 Å². The number of halogens is 1. The highest BCUT2D eigenvalue weighted by molar-refractivity contribution is 7.96. The van der Waals surface area contributed by atoms with Crippen molar-refractivity contribution in [2.75, 3.05) is 12.0 Å². The molecule has 7 heteroatoms. The van der Waals surface area contributed by atoms with Gasteiger partial charge < -0.3 is 9.64 Å². The van der Waals surface area contributed by atoms with Crippen molar-refractivity contribution in [1.82, 2.24) is 0 Å². The topological polar surface area (TPSA) is 63.7 Å². The summed E-state index contributed by atoms with van der Waals surface area (Å²) >= 11 is 0. The second kappa shape index (κ2) is 7.42. The first-order valence-electron chi connectivity index (χ1n) is 9.13. The van der Waals surface area contributed by atoms with Crippen LogP contribution >= 0.6 is 0 Å². The predicted octanol–water partition coefficient (Wildman–Crippen LogP) is 4.79. The molecule has 0 radical (unpaired) electrons. The van der Waals surface area contributed by atoms with Crippen LogP contribution in [-0.2, 0) is 9.84 Å². The second-order valence-corrected chi connectivity index (χ2v) is 8.71. The first-order chi connectivity index (χ1) is 14.3. The average molecular weight is 423 g/mol. The molecule has 0 aliphatic carbocycles. The summed E-state index contributed by atoms with van der Waals surface area (Å²) in [7, 11) is -2.56. The molecular formula is C23H18FNO4S. The fourth-order valence-electron chi connectivity index (χ4n) is 3.27. The number of ether oxygens (including phenoxy) is 1. The summed E-state index contributed by atoms with van der Waals surface area (Å²) in [5.41, 5.74) is 1.45. The van der Waals surface area contributed by atoms with Crippen molar-refractivity contribution in [3.63, 3.8) is 0 Å². The number of fused-ring (bicyclic) bond motifs is 1. The number of rotatable bonds is 4. The summed E-state index contributed by atoms with van der Waals surface area (Å²) in [6, 6.07) is 17.1. The Labute approximate surface area is 174 Å². The molecule has 0 atom stereocenters. The van der Waals surface area contributed by atoms with Gasteiger partial charge in [-0.1, -0.05) is 18.2 Å². The van der Waals surface area contributed by atoms with Gasteiger partial charge in [-0.3, -0.25) is 4.79 Å². The van der Waals surface area contributed by atoms with Crippen molar-refractivity contribution in [3.8, 4) is 5.75 Å². The minimum Gasteiger partial charge on any atom is -0.497 e. The van der Waals surface area contributed by atoms with Crippen LogP contribution in [0.5, 0.6) is 5.75 Å². The van der Waals surface area contributed by atoms with Gasteiger partial charge in [0.05, 0.1) is 17.7 Å². The van der Waals surface area contributed by atoms with E-state index in [4.69, 9.17) is 4.74 Å². The number of aryl methyl sites for hydroxylation is 1. The van der Waals surface area contributed by atoms with Crippen molar-refractivity contribution < 1.29 is 22.3 Å². The largest absolute Gasteiger partial charge is 0.497 e. The molecule has 3 aromatic rings. The SMILES string of the molecule is COc1ccc(C(=O)C2=CN(c3ccc(C)c(F)c3)c3ccccc3S2(=O)=O)cc1. The van der Waals surface area contributed by atoms with E-state index in [1.165, 1.54) is 42.5 Å². The predicted molar refractivity (Wildman–Crippen MR) is 112 cm³/mol. The maximum Gasteiger partial charge on any atom is 0.214 e. The Hall–Kier alpha value is -3.45. The molecule has 0 N–H and O–H groups in total. The number of nitrogens with zero attached hydrogens (tertiary/aromatic N) is 1. The van der Waals surface area contributed by atoms with Gasteiger partial charge in [0, 0.05) is 17.5 Å². The van der Waals surface area contributed by atoms with Gasteiger partial charge in [-0.15, -0.1) is 0 Å². The van der Waals surface area contributed by atoms with Gasteiger partial charge in [0.15, 0.2) is 0 Å². The summed E-state index contributed by atoms with van der Waals surface area (Å²) < 4.78 is 45.8. The molecule has 0 aromatic heterocycles. The lowest BCUT2D eigenvalue weighted by Crippen LogP contribution is -2.25. The van der Waals surface area contributed by atoms with Crippen molar-refractivity contribution in [2.45, 2.75) is 11.8 Å². The molecule has 0 unspecified atom stereocenters. The molecule has 1 heterocycles. The highest BCUT2D eigenvalue weighted by Crippen LogP contribution is 2.40. The number of Topliss-reactive ketones (excluding diaryl/α,β-unsaturated/α-hetero) is 1.